The Kier molecular flexibility index (Phi) is 2.68. The normalized spacial score (nSPS) is 11.1. The van der Waals surface area contributed by atoms with Gasteiger partial charge in [0.05, 0.1) is 0 Å². The molecule has 19 heavy (non-hydrogen) atoms. The minimum absolute atomic E-state index is 0.220. The number of phenolic OH excluding ortho intramolecular Hbond substituents is 1. The summed E-state index contributed by atoms with van der Waals surface area (Å²) in [5.74, 6) is 1.01. The molecular formula is C14H12ClN3O. The van der Waals surface area contributed by atoms with Crippen LogP contribution < -0.4 is 0 Å². The molecule has 4 nitrogen and oxygen atoms in total. The van der Waals surface area contributed by atoms with Gasteiger partial charge in [-0.2, -0.15) is 0 Å². The van der Waals surface area contributed by atoms with Crippen molar-refractivity contribution in [2.75, 3.05) is 0 Å². The summed E-state index contributed by atoms with van der Waals surface area (Å²) in [5, 5.41) is 10.8. The molecule has 0 radical (unpaired) electrons. The minimum atomic E-state index is 0.220. The zero-order valence-electron chi connectivity index (χ0n) is 10.5. The van der Waals surface area contributed by atoms with E-state index in [0.717, 1.165) is 22.5 Å². The fourth-order valence-electron chi connectivity index (χ4n) is 2.18. The third kappa shape index (κ3) is 1.94. The van der Waals surface area contributed by atoms with Crippen LogP contribution in [0.25, 0.3) is 22.3 Å². The standard InChI is InChI=1S/C14H12ClN3O/c1-7-5-9(15)6-11(13(7)19)10-3-4-16-14-12(10)17-8(2)18-14/h3-6,19H,1-2H3,(H,16,17,18). The Morgan fingerprint density at radius 1 is 1.21 bits per heavy atom. The van der Waals surface area contributed by atoms with E-state index in [1.54, 1.807) is 18.3 Å². The molecule has 0 aliphatic heterocycles. The molecule has 0 bridgehead atoms. The predicted octanol–water partition coefficient (Wildman–Crippen LogP) is 3.60. The van der Waals surface area contributed by atoms with Gasteiger partial charge in [-0.15, -0.1) is 0 Å². The zero-order valence-corrected chi connectivity index (χ0v) is 11.3. The third-order valence-corrected chi connectivity index (χ3v) is 3.28. The summed E-state index contributed by atoms with van der Waals surface area (Å²) in [7, 11) is 0. The number of pyridine rings is 1. The lowest BCUT2D eigenvalue weighted by molar-refractivity contribution is 0.473. The molecule has 0 amide bonds. The van der Waals surface area contributed by atoms with Crippen molar-refractivity contribution in [1.82, 2.24) is 15.0 Å². The smallest absolute Gasteiger partial charge is 0.157 e. The number of phenols is 1. The van der Waals surface area contributed by atoms with Crippen LogP contribution in [0.15, 0.2) is 24.4 Å². The molecule has 0 aliphatic rings. The van der Waals surface area contributed by atoms with E-state index in [2.05, 4.69) is 15.0 Å². The van der Waals surface area contributed by atoms with Crippen molar-refractivity contribution in [2.45, 2.75) is 13.8 Å². The topological polar surface area (TPSA) is 61.8 Å². The van der Waals surface area contributed by atoms with Crippen molar-refractivity contribution >= 4 is 22.8 Å². The van der Waals surface area contributed by atoms with Crippen LogP contribution in [0, 0.1) is 13.8 Å². The summed E-state index contributed by atoms with van der Waals surface area (Å²) in [6.45, 7) is 3.69. The SMILES string of the molecule is Cc1nc2c(-c3cc(Cl)cc(C)c3O)ccnc2[nH]1. The van der Waals surface area contributed by atoms with Crippen LogP contribution in [-0.2, 0) is 0 Å². The maximum atomic E-state index is 10.2. The number of nitrogens with zero attached hydrogens (tertiary/aromatic N) is 2. The molecule has 0 spiro atoms. The average molecular weight is 274 g/mol. The third-order valence-electron chi connectivity index (χ3n) is 3.06. The van der Waals surface area contributed by atoms with Crippen molar-refractivity contribution in [1.29, 1.82) is 0 Å². The molecule has 0 saturated heterocycles. The van der Waals surface area contributed by atoms with Crippen molar-refractivity contribution in [2.24, 2.45) is 0 Å². The number of aryl methyl sites for hydroxylation is 2. The first-order valence-electron chi connectivity index (χ1n) is 5.87. The second-order valence-electron chi connectivity index (χ2n) is 4.50. The van der Waals surface area contributed by atoms with Gasteiger partial charge in [0.15, 0.2) is 5.65 Å². The first-order valence-corrected chi connectivity index (χ1v) is 6.25. The highest BCUT2D eigenvalue weighted by molar-refractivity contribution is 6.31. The van der Waals surface area contributed by atoms with Crippen molar-refractivity contribution in [3.63, 3.8) is 0 Å². The maximum Gasteiger partial charge on any atom is 0.157 e. The molecular weight excluding hydrogens is 262 g/mol. The van der Waals surface area contributed by atoms with E-state index < -0.39 is 0 Å². The Hall–Kier alpha value is -2.07. The number of hydrogen-bond acceptors (Lipinski definition) is 3. The van der Waals surface area contributed by atoms with Crippen molar-refractivity contribution < 1.29 is 5.11 Å². The van der Waals surface area contributed by atoms with Gasteiger partial charge < -0.3 is 10.1 Å². The Balaban J connectivity index is 2.36. The van der Waals surface area contributed by atoms with Crippen molar-refractivity contribution in [3.8, 4) is 16.9 Å². The highest BCUT2D eigenvalue weighted by atomic mass is 35.5. The number of benzene rings is 1. The second kappa shape index (κ2) is 4.24. The molecule has 96 valence electrons. The van der Waals surface area contributed by atoms with E-state index >= 15 is 0 Å². The Bertz CT molecular complexity index is 780. The number of hydrogen-bond donors (Lipinski definition) is 2. The van der Waals surface area contributed by atoms with Gasteiger partial charge in [-0.1, -0.05) is 11.6 Å². The number of nitrogens with one attached hydrogen (secondary N) is 1. The number of rotatable bonds is 1. The van der Waals surface area contributed by atoms with Gasteiger partial charge in [-0.25, -0.2) is 9.97 Å². The van der Waals surface area contributed by atoms with Gasteiger partial charge in [0.25, 0.3) is 0 Å². The Labute approximate surface area is 115 Å². The van der Waals surface area contributed by atoms with E-state index in [4.69, 9.17) is 11.6 Å². The van der Waals surface area contributed by atoms with Crippen molar-refractivity contribution in [3.05, 3.63) is 40.8 Å². The number of H-pyrrole nitrogens is 1. The number of halogens is 1. The van der Waals surface area contributed by atoms with E-state index in [-0.39, 0.29) is 5.75 Å². The molecule has 0 aliphatic carbocycles. The van der Waals surface area contributed by atoms with Gasteiger partial charge in [-0.3, -0.25) is 0 Å². The van der Waals surface area contributed by atoms with Gasteiger partial charge in [0, 0.05) is 22.3 Å². The predicted molar refractivity (Wildman–Crippen MR) is 75.5 cm³/mol. The first kappa shape index (κ1) is 12.0. The number of fused-ring (bicyclic) bond motifs is 1. The molecule has 2 N–H and O–H groups in total. The van der Waals surface area contributed by atoms with Crippen LogP contribution in [0.1, 0.15) is 11.4 Å². The zero-order chi connectivity index (χ0) is 13.6. The van der Waals surface area contributed by atoms with Crippen LogP contribution in [0.3, 0.4) is 0 Å². The minimum Gasteiger partial charge on any atom is -0.507 e. The quantitative estimate of drug-likeness (QED) is 0.712. The Morgan fingerprint density at radius 2 is 2.00 bits per heavy atom. The number of aromatic hydroxyl groups is 1. The van der Waals surface area contributed by atoms with E-state index in [1.165, 1.54) is 0 Å². The van der Waals surface area contributed by atoms with Crippen LogP contribution in [0.5, 0.6) is 5.75 Å². The Morgan fingerprint density at radius 3 is 2.79 bits per heavy atom. The fourth-order valence-corrected chi connectivity index (χ4v) is 2.46. The first-order chi connectivity index (χ1) is 9.06. The van der Waals surface area contributed by atoms with Gasteiger partial charge >= 0.3 is 0 Å². The van der Waals surface area contributed by atoms with Crippen LogP contribution in [-0.4, -0.2) is 20.1 Å². The summed E-state index contributed by atoms with van der Waals surface area (Å²) >= 11 is 6.07. The fraction of sp³-hybridized carbons (Fsp3) is 0.143. The molecule has 1 aromatic carbocycles. The molecule has 5 heteroatoms. The largest absolute Gasteiger partial charge is 0.507 e. The molecule has 2 heterocycles. The summed E-state index contributed by atoms with van der Waals surface area (Å²) in [4.78, 5) is 11.7. The lowest BCUT2D eigenvalue weighted by Gasteiger charge is -2.08. The van der Waals surface area contributed by atoms with Gasteiger partial charge in [0.1, 0.15) is 17.1 Å². The van der Waals surface area contributed by atoms with Gasteiger partial charge in [0.2, 0.25) is 0 Å². The molecule has 2 aromatic heterocycles. The molecule has 0 atom stereocenters. The van der Waals surface area contributed by atoms with E-state index in [9.17, 15) is 5.11 Å². The summed E-state index contributed by atoms with van der Waals surface area (Å²) in [5.41, 5.74) is 3.66. The molecule has 3 rings (SSSR count). The second-order valence-corrected chi connectivity index (χ2v) is 4.93. The van der Waals surface area contributed by atoms with Crippen LogP contribution in [0.4, 0.5) is 0 Å². The summed E-state index contributed by atoms with van der Waals surface area (Å²) in [6.07, 6.45) is 1.69. The summed E-state index contributed by atoms with van der Waals surface area (Å²) < 4.78 is 0. The lowest BCUT2D eigenvalue weighted by Crippen LogP contribution is -1.86. The molecule has 0 unspecified atom stereocenters. The number of aromatic amines is 1. The van der Waals surface area contributed by atoms with E-state index in [1.807, 2.05) is 19.9 Å². The summed E-state index contributed by atoms with van der Waals surface area (Å²) in [6, 6.07) is 5.30. The highest BCUT2D eigenvalue weighted by Crippen LogP contribution is 2.37. The number of aromatic nitrogens is 3. The average Bonchev–Trinajstić information content (AvgIpc) is 2.73. The van der Waals surface area contributed by atoms with Crippen LogP contribution in [0.2, 0.25) is 5.02 Å². The van der Waals surface area contributed by atoms with E-state index in [0.29, 0.717) is 16.2 Å². The lowest BCUT2D eigenvalue weighted by atomic mass is 10.0. The molecule has 3 aromatic rings. The molecule has 0 saturated carbocycles. The van der Waals surface area contributed by atoms with Gasteiger partial charge in [-0.05, 0) is 37.6 Å². The molecule has 0 fully saturated rings. The maximum absolute atomic E-state index is 10.2. The number of imidazole rings is 1. The monoisotopic (exact) mass is 273 g/mol. The van der Waals surface area contributed by atoms with Crippen LogP contribution >= 0.6 is 11.6 Å². The highest BCUT2D eigenvalue weighted by Gasteiger charge is 2.14.